The van der Waals surface area contributed by atoms with Gasteiger partial charge in [0.15, 0.2) is 20.2 Å². The van der Waals surface area contributed by atoms with Crippen molar-refractivity contribution in [1.82, 2.24) is 19.6 Å². The van der Waals surface area contributed by atoms with Crippen LogP contribution in [0.25, 0.3) is 0 Å². The van der Waals surface area contributed by atoms with Gasteiger partial charge in [-0.25, -0.2) is 34.4 Å². The normalized spacial score (nSPS) is 13.1. The van der Waals surface area contributed by atoms with Crippen LogP contribution in [0.4, 0.5) is 35.1 Å². The van der Waals surface area contributed by atoms with Gasteiger partial charge < -0.3 is 58.3 Å². The van der Waals surface area contributed by atoms with Gasteiger partial charge in [-0.2, -0.15) is 17.6 Å². The maximum atomic E-state index is 11.4. The topological polar surface area (TPSA) is 144 Å². The summed E-state index contributed by atoms with van der Waals surface area (Å²) in [6, 6.07) is 0. The zero-order valence-electron chi connectivity index (χ0n) is 25.0. The van der Waals surface area contributed by atoms with E-state index in [1.165, 1.54) is 13.8 Å². The van der Waals surface area contributed by atoms with Gasteiger partial charge in [0.1, 0.15) is 5.78 Å². The average Bonchev–Trinajstić information content (AvgIpc) is 3.40. The Morgan fingerprint density at radius 2 is 0.891 bits per heavy atom. The molecule has 0 aliphatic carbocycles. The summed E-state index contributed by atoms with van der Waals surface area (Å²) in [5.74, 6) is 0.167. The molecule has 0 fully saturated rings. The third-order valence-corrected chi connectivity index (χ3v) is 5.55. The molecule has 0 bridgehead atoms. The van der Waals surface area contributed by atoms with Crippen LogP contribution in [-0.2, 0) is 25.0 Å². The van der Waals surface area contributed by atoms with E-state index >= 15 is 0 Å². The van der Waals surface area contributed by atoms with E-state index in [1.54, 1.807) is 0 Å². The molecule has 0 aromatic carbocycles. The van der Waals surface area contributed by atoms with E-state index < -0.39 is 43.6 Å². The second-order valence-corrected chi connectivity index (χ2v) is 10.6. The van der Waals surface area contributed by atoms with Crippen molar-refractivity contribution in [2.24, 2.45) is 0 Å². The van der Waals surface area contributed by atoms with E-state index in [9.17, 15) is 65.9 Å². The molecule has 272 valence electrons. The first-order valence-electron chi connectivity index (χ1n) is 10.7. The summed E-state index contributed by atoms with van der Waals surface area (Å²) in [5.41, 5.74) is 0. The number of ketones is 1. The van der Waals surface area contributed by atoms with Crippen LogP contribution in [0.5, 0.6) is 0 Å². The molecular weight excluding hydrogens is 785 g/mol. The molecule has 0 amide bonds. The molecule has 2 heterocycles. The van der Waals surface area contributed by atoms with Crippen LogP contribution in [0.2, 0.25) is 0 Å². The van der Waals surface area contributed by atoms with Crippen molar-refractivity contribution in [3.05, 3.63) is 24.8 Å². The molecule has 25 heteroatoms. The molecule has 0 radical (unpaired) electrons. The van der Waals surface area contributed by atoms with E-state index in [4.69, 9.17) is 0 Å². The summed E-state index contributed by atoms with van der Waals surface area (Å²) in [7, 11) is -8.32. The smallest absolute Gasteiger partial charge is 1.00 e. The Balaban J connectivity index is -0.0000000525. The monoisotopic (exact) mass is 824 g/mol. The number of alkyl halides is 8. The summed E-state index contributed by atoms with van der Waals surface area (Å²) in [6.45, 7) is 11.7. The molecular formula is C21H40Cl2F8K2N4O7S2-2. The predicted molar refractivity (Wildman–Crippen MR) is 139 cm³/mol. The van der Waals surface area contributed by atoms with Crippen molar-refractivity contribution in [1.29, 1.82) is 0 Å². The zero-order chi connectivity index (χ0) is 32.7. The van der Waals surface area contributed by atoms with Gasteiger partial charge in [-0.1, -0.05) is 14.9 Å². The number of rotatable bonds is 6. The van der Waals surface area contributed by atoms with E-state index in [-0.39, 0.29) is 148 Å². The Morgan fingerprint density at radius 3 is 0.935 bits per heavy atom. The molecule has 2 rings (SSSR count). The SMILES string of the molecule is C.C.CC(C)=O.CCN1C=CN(C)C1.CCN1C=CN(C)C1.O=S(=O)([O-])C(F)(F)C(F)F.O=S(=O)([O-])C(F)(F)C(F)F.[Cl-].[Cl-].[K+].[K+]. The second-order valence-electron chi connectivity index (χ2n) is 7.74. The largest absolute Gasteiger partial charge is 1.00 e. The summed E-state index contributed by atoms with van der Waals surface area (Å²) >= 11 is 0. The predicted octanol–water partition coefficient (Wildman–Crippen LogP) is -7.97. The maximum absolute atomic E-state index is 11.4. The fourth-order valence-corrected chi connectivity index (χ4v) is 2.24. The summed E-state index contributed by atoms with van der Waals surface area (Å²) in [6.07, 6.45) is -0.558. The Morgan fingerprint density at radius 1 is 0.696 bits per heavy atom. The molecule has 0 saturated heterocycles. The first kappa shape index (κ1) is 69.3. The van der Waals surface area contributed by atoms with Gasteiger partial charge in [0.2, 0.25) is 0 Å². The minimum absolute atomic E-state index is 0. The molecule has 2 aliphatic heterocycles. The van der Waals surface area contributed by atoms with Crippen molar-refractivity contribution in [3.63, 3.8) is 0 Å². The minimum atomic E-state index is -6.23. The molecule has 2 aliphatic rings. The van der Waals surface area contributed by atoms with E-state index in [2.05, 4.69) is 72.3 Å². The van der Waals surface area contributed by atoms with Gasteiger partial charge in [-0.05, 0) is 27.7 Å². The molecule has 0 aromatic heterocycles. The van der Waals surface area contributed by atoms with Gasteiger partial charge in [-0.15, -0.1) is 0 Å². The standard InChI is InChI=1S/2C6H12N2.C3H6O.2C2H2F4O3S.2CH4.2ClH.2K/c2*1-3-8-5-4-7(2)6-8;1-3(2)4;2*3-1(4)2(5,6)10(7,8)9;;;;;;/h2*4-5H,3,6H2,1-2H3;1-2H3;2*1H,(H,7,8,9);2*1H4;2*1H;;/q;;;;;;;;;2*+1/p-4. The van der Waals surface area contributed by atoms with Crippen LogP contribution in [0, 0.1) is 0 Å². The summed E-state index contributed by atoms with van der Waals surface area (Å²) < 4.78 is 145. The quantitative estimate of drug-likeness (QED) is 0.143. The van der Waals surface area contributed by atoms with Gasteiger partial charge in [0.05, 0.1) is 13.3 Å². The third kappa shape index (κ3) is 31.4. The second kappa shape index (κ2) is 32.4. The van der Waals surface area contributed by atoms with E-state index in [0.29, 0.717) is 0 Å². The molecule has 0 saturated carbocycles. The van der Waals surface area contributed by atoms with Crippen molar-refractivity contribution >= 4 is 26.0 Å². The first-order chi connectivity index (χ1) is 17.8. The molecule has 0 unspecified atom stereocenters. The van der Waals surface area contributed by atoms with Crippen molar-refractivity contribution in [2.45, 2.75) is 65.9 Å². The van der Waals surface area contributed by atoms with E-state index in [1.807, 2.05) is 0 Å². The number of hydrogen-bond donors (Lipinski definition) is 0. The average molecular weight is 826 g/mol. The van der Waals surface area contributed by atoms with Crippen molar-refractivity contribution in [3.8, 4) is 0 Å². The van der Waals surface area contributed by atoms with Crippen molar-refractivity contribution < 1.29 is 193 Å². The molecule has 46 heavy (non-hydrogen) atoms. The van der Waals surface area contributed by atoms with Crippen LogP contribution in [0.1, 0.15) is 42.5 Å². The fourth-order valence-electron chi connectivity index (χ4n) is 1.81. The number of carbonyl (C=O) groups excluding carboxylic acids is 1. The number of hydrogen-bond acceptors (Lipinski definition) is 11. The van der Waals surface area contributed by atoms with E-state index in [0.717, 1.165) is 26.4 Å². The number of halogens is 10. The van der Waals surface area contributed by atoms with Crippen LogP contribution in [0.3, 0.4) is 0 Å². The third-order valence-electron chi connectivity index (χ3n) is 3.86. The van der Waals surface area contributed by atoms with Crippen LogP contribution in [-0.4, -0.2) is 115 Å². The molecule has 0 N–H and O–H groups in total. The number of nitrogens with zero attached hydrogens (tertiary/aromatic N) is 4. The molecule has 0 spiro atoms. The number of carbonyl (C=O) groups is 1. The van der Waals surface area contributed by atoms with Gasteiger partial charge in [0.25, 0.3) is 0 Å². The minimum Gasteiger partial charge on any atom is -1.00 e. The Bertz CT molecular complexity index is 962. The van der Waals surface area contributed by atoms with Gasteiger partial charge in [0, 0.05) is 52.0 Å². The molecule has 0 aromatic rings. The van der Waals surface area contributed by atoms with Crippen molar-refractivity contribution in [2.75, 3.05) is 40.5 Å². The molecule has 0 atom stereocenters. The summed E-state index contributed by atoms with van der Waals surface area (Å²) in [5, 5.41) is -11.0. The maximum Gasteiger partial charge on any atom is 1.00 e. The zero-order valence-corrected chi connectivity index (χ0v) is 34.4. The summed E-state index contributed by atoms with van der Waals surface area (Å²) in [4.78, 5) is 18.3. The van der Waals surface area contributed by atoms with Crippen LogP contribution >= 0.6 is 0 Å². The van der Waals surface area contributed by atoms with Crippen LogP contribution in [0.15, 0.2) is 24.8 Å². The van der Waals surface area contributed by atoms with Gasteiger partial charge >= 0.3 is 126 Å². The Kier molecular flexibility index (Phi) is 48.7. The number of Topliss-reactive ketones (excluding diaryl/α,β-unsaturated/α-hetero) is 1. The van der Waals surface area contributed by atoms with Gasteiger partial charge in [-0.3, -0.25) is 0 Å². The Hall–Kier alpha value is 1.46. The van der Waals surface area contributed by atoms with Crippen LogP contribution < -0.4 is 128 Å². The molecule has 11 nitrogen and oxygen atoms in total. The Labute approximate surface area is 365 Å². The first-order valence-corrected chi connectivity index (χ1v) is 13.5. The fraction of sp³-hybridized carbons (Fsp3) is 0.762.